The fourth-order valence-corrected chi connectivity index (χ4v) is 0.733. The first-order chi connectivity index (χ1) is 6.33. The van der Waals surface area contributed by atoms with E-state index in [1.807, 2.05) is 0 Å². The molecule has 0 amide bonds. The maximum atomic E-state index is 10.7. The van der Waals surface area contributed by atoms with E-state index >= 15 is 0 Å². The van der Waals surface area contributed by atoms with Crippen LogP contribution >= 0.6 is 0 Å². The Labute approximate surface area is 77.3 Å². The van der Waals surface area contributed by atoms with Gasteiger partial charge < -0.3 is 9.47 Å². The molecule has 0 saturated carbocycles. The number of carbonyl (C=O) groups is 1. The minimum atomic E-state index is -0.262. The van der Waals surface area contributed by atoms with Crippen LogP contribution in [0.15, 0.2) is 24.3 Å². The zero-order valence-corrected chi connectivity index (χ0v) is 7.45. The third-order valence-electron chi connectivity index (χ3n) is 1.42. The van der Waals surface area contributed by atoms with Gasteiger partial charge in [-0.05, 0) is 18.2 Å². The van der Waals surface area contributed by atoms with Gasteiger partial charge >= 0.3 is 5.97 Å². The third-order valence-corrected chi connectivity index (χ3v) is 1.42. The Kier molecular flexibility index (Phi) is 3.82. The fraction of sp³-hybridized carbons (Fsp3) is 0.300. The molecular weight excluding hydrogens is 168 g/mol. The van der Waals surface area contributed by atoms with Crippen molar-refractivity contribution >= 4 is 5.97 Å². The van der Waals surface area contributed by atoms with Gasteiger partial charge in [0.15, 0.2) is 0 Å². The monoisotopic (exact) mass is 179 g/mol. The zero-order valence-electron chi connectivity index (χ0n) is 7.45. The summed E-state index contributed by atoms with van der Waals surface area (Å²) in [6.45, 7) is 1.70. The summed E-state index contributed by atoms with van der Waals surface area (Å²) in [5.74, 6) is 0.408. The Morgan fingerprint density at radius 3 is 2.77 bits per heavy atom. The average molecular weight is 179 g/mol. The summed E-state index contributed by atoms with van der Waals surface area (Å²) in [6.07, 6.45) is 0.367. The predicted molar refractivity (Wildman–Crippen MR) is 47.2 cm³/mol. The van der Waals surface area contributed by atoms with E-state index in [1.54, 1.807) is 31.2 Å². The van der Waals surface area contributed by atoms with Crippen LogP contribution in [0.25, 0.3) is 0 Å². The smallest absolute Gasteiger partial charge is 0.308 e. The first-order valence-corrected chi connectivity index (χ1v) is 4.07. The molecule has 13 heavy (non-hydrogen) atoms. The van der Waals surface area contributed by atoms with Crippen LogP contribution in [0, 0.1) is 6.07 Å². The summed E-state index contributed by atoms with van der Waals surface area (Å²) < 4.78 is 9.84. The number of carbonyl (C=O) groups excluding carboxylic acids is 1. The largest absolute Gasteiger partial charge is 0.457 e. The first-order valence-electron chi connectivity index (χ1n) is 4.07. The Morgan fingerprint density at radius 1 is 1.46 bits per heavy atom. The van der Waals surface area contributed by atoms with E-state index < -0.39 is 0 Å². The summed E-state index contributed by atoms with van der Waals surface area (Å²) in [7, 11) is 0. The Bertz CT molecular complexity index is 256. The standard InChI is InChI=1S/C10H11O3/c1-2-10(11)13-8-12-9-6-4-3-5-7-9/h4-7H,2,8H2,1H3. The summed E-state index contributed by atoms with van der Waals surface area (Å²) in [6, 6.07) is 9.82. The van der Waals surface area contributed by atoms with Gasteiger partial charge in [0.1, 0.15) is 5.75 Å². The third kappa shape index (κ3) is 3.60. The van der Waals surface area contributed by atoms with E-state index in [1.165, 1.54) is 0 Å². The number of hydrogen-bond acceptors (Lipinski definition) is 3. The van der Waals surface area contributed by atoms with Gasteiger partial charge in [-0.2, -0.15) is 0 Å². The van der Waals surface area contributed by atoms with Crippen molar-refractivity contribution in [3.05, 3.63) is 30.3 Å². The molecule has 0 bridgehead atoms. The molecule has 1 radical (unpaired) electrons. The van der Waals surface area contributed by atoms with Crippen molar-refractivity contribution in [2.24, 2.45) is 0 Å². The van der Waals surface area contributed by atoms with Gasteiger partial charge in [-0.3, -0.25) is 4.79 Å². The summed E-state index contributed by atoms with van der Waals surface area (Å²) >= 11 is 0. The molecule has 0 saturated heterocycles. The van der Waals surface area contributed by atoms with Gasteiger partial charge in [0, 0.05) is 6.42 Å². The molecule has 0 fully saturated rings. The topological polar surface area (TPSA) is 35.5 Å². The van der Waals surface area contributed by atoms with E-state index in [-0.39, 0.29) is 12.8 Å². The molecule has 0 unspecified atom stereocenters. The van der Waals surface area contributed by atoms with Gasteiger partial charge in [-0.1, -0.05) is 19.1 Å². The molecule has 1 aromatic carbocycles. The van der Waals surface area contributed by atoms with Crippen molar-refractivity contribution in [1.29, 1.82) is 0 Å². The molecule has 0 aliphatic carbocycles. The normalized spacial score (nSPS) is 9.31. The molecule has 0 aromatic heterocycles. The van der Waals surface area contributed by atoms with Gasteiger partial charge in [0.2, 0.25) is 6.79 Å². The van der Waals surface area contributed by atoms with E-state index in [9.17, 15) is 4.79 Å². The summed E-state index contributed by atoms with van der Waals surface area (Å²) in [5, 5.41) is 0. The van der Waals surface area contributed by atoms with Crippen LogP contribution in [-0.4, -0.2) is 12.8 Å². The van der Waals surface area contributed by atoms with Crippen molar-refractivity contribution in [1.82, 2.24) is 0 Å². The maximum absolute atomic E-state index is 10.7. The quantitative estimate of drug-likeness (QED) is 0.522. The predicted octanol–water partition coefficient (Wildman–Crippen LogP) is 1.78. The Balaban J connectivity index is 2.24. The molecular formula is C10H11O3. The van der Waals surface area contributed by atoms with Gasteiger partial charge in [0.25, 0.3) is 0 Å². The van der Waals surface area contributed by atoms with Crippen molar-refractivity contribution in [2.75, 3.05) is 6.79 Å². The van der Waals surface area contributed by atoms with Crippen molar-refractivity contribution in [3.63, 3.8) is 0 Å². The molecule has 0 N–H and O–H groups in total. The minimum absolute atomic E-state index is 0.0311. The van der Waals surface area contributed by atoms with Crippen LogP contribution in [0.3, 0.4) is 0 Å². The Hall–Kier alpha value is -1.51. The number of hydrogen-bond donors (Lipinski definition) is 0. The number of benzene rings is 1. The van der Waals surface area contributed by atoms with Crippen molar-refractivity contribution < 1.29 is 14.3 Å². The summed E-state index contributed by atoms with van der Waals surface area (Å²) in [5.41, 5.74) is 0. The Morgan fingerprint density at radius 2 is 2.15 bits per heavy atom. The maximum Gasteiger partial charge on any atom is 0.308 e. The second kappa shape index (κ2) is 5.19. The van der Waals surface area contributed by atoms with Gasteiger partial charge in [-0.15, -0.1) is 0 Å². The molecule has 1 aromatic rings. The van der Waals surface area contributed by atoms with E-state index in [4.69, 9.17) is 9.47 Å². The highest BCUT2D eigenvalue weighted by molar-refractivity contribution is 5.68. The first kappa shape index (κ1) is 9.58. The van der Waals surface area contributed by atoms with Crippen LogP contribution in [-0.2, 0) is 9.53 Å². The van der Waals surface area contributed by atoms with Gasteiger partial charge in [-0.25, -0.2) is 0 Å². The number of ether oxygens (including phenoxy) is 2. The minimum Gasteiger partial charge on any atom is -0.457 e. The lowest BCUT2D eigenvalue weighted by molar-refractivity contribution is -0.149. The molecule has 1 rings (SSSR count). The molecule has 0 spiro atoms. The lowest BCUT2D eigenvalue weighted by Crippen LogP contribution is -2.08. The molecule has 0 heterocycles. The number of esters is 1. The molecule has 3 heteroatoms. The molecule has 69 valence electrons. The molecule has 0 aliphatic heterocycles. The second-order valence-corrected chi connectivity index (χ2v) is 2.37. The highest BCUT2D eigenvalue weighted by Gasteiger charge is 1.97. The lowest BCUT2D eigenvalue weighted by atomic mass is 10.3. The van der Waals surface area contributed by atoms with Crippen LogP contribution in [0.2, 0.25) is 0 Å². The molecule has 3 nitrogen and oxygen atoms in total. The van der Waals surface area contributed by atoms with Crippen LogP contribution in [0.4, 0.5) is 0 Å². The van der Waals surface area contributed by atoms with Crippen molar-refractivity contribution in [2.45, 2.75) is 13.3 Å². The van der Waals surface area contributed by atoms with E-state index in [0.717, 1.165) is 0 Å². The van der Waals surface area contributed by atoms with E-state index in [0.29, 0.717) is 12.2 Å². The van der Waals surface area contributed by atoms with Crippen LogP contribution in [0.5, 0.6) is 5.75 Å². The summed E-state index contributed by atoms with van der Waals surface area (Å²) in [4.78, 5) is 10.7. The SMILES string of the molecule is CCC(=O)OCOc1cc[c]cc1. The highest BCUT2D eigenvalue weighted by Crippen LogP contribution is 2.07. The van der Waals surface area contributed by atoms with Crippen LogP contribution in [0.1, 0.15) is 13.3 Å². The zero-order chi connectivity index (χ0) is 9.52. The lowest BCUT2D eigenvalue weighted by Gasteiger charge is -2.05. The highest BCUT2D eigenvalue weighted by atomic mass is 16.7. The van der Waals surface area contributed by atoms with E-state index in [2.05, 4.69) is 6.07 Å². The number of rotatable bonds is 4. The van der Waals surface area contributed by atoms with Gasteiger partial charge in [0.05, 0.1) is 0 Å². The average Bonchev–Trinajstić information content (AvgIpc) is 2.19. The van der Waals surface area contributed by atoms with Crippen molar-refractivity contribution in [3.8, 4) is 5.75 Å². The fourth-order valence-electron chi connectivity index (χ4n) is 0.733. The molecule has 0 atom stereocenters. The van der Waals surface area contributed by atoms with Crippen LogP contribution < -0.4 is 4.74 Å². The second-order valence-electron chi connectivity index (χ2n) is 2.37. The molecule has 0 aliphatic rings.